The zero-order chi connectivity index (χ0) is 16.5. The van der Waals surface area contributed by atoms with Crippen LogP contribution in [0.3, 0.4) is 0 Å². The largest absolute Gasteiger partial charge is 0.376 e. The number of carbonyl (C=O) groups is 2. The molecule has 0 bridgehead atoms. The van der Waals surface area contributed by atoms with Crippen LogP contribution in [0.1, 0.15) is 44.5 Å². The summed E-state index contributed by atoms with van der Waals surface area (Å²) < 4.78 is 0. The molecule has 0 heterocycles. The molecule has 2 N–H and O–H groups in total. The number of nitrogens with one attached hydrogen (secondary N) is 2. The lowest BCUT2D eigenvalue weighted by molar-refractivity contribution is -0.128. The number of hydrogen-bond donors (Lipinski definition) is 2. The second kappa shape index (κ2) is 9.07. The maximum absolute atomic E-state index is 12.1. The van der Waals surface area contributed by atoms with Crippen LogP contribution in [0.25, 0.3) is 0 Å². The third-order valence-corrected chi connectivity index (χ3v) is 3.67. The summed E-state index contributed by atoms with van der Waals surface area (Å²) in [5, 5.41) is 6.02. The van der Waals surface area contributed by atoms with Crippen LogP contribution in [0.2, 0.25) is 0 Å². The van der Waals surface area contributed by atoms with Gasteiger partial charge in [-0.15, -0.1) is 0 Å². The molecule has 1 unspecified atom stereocenters. The number of likely N-dealkylation sites (N-methyl/N-ethyl adjacent to an activating group) is 1. The molecule has 5 nitrogen and oxygen atoms in total. The average molecular weight is 305 g/mol. The van der Waals surface area contributed by atoms with Crippen molar-refractivity contribution in [3.8, 4) is 0 Å². The fourth-order valence-electron chi connectivity index (χ4n) is 2.05. The Morgan fingerprint density at radius 3 is 2.45 bits per heavy atom. The lowest BCUT2D eigenvalue weighted by Crippen LogP contribution is -2.35. The number of anilines is 1. The number of rotatable bonds is 8. The molecule has 0 radical (unpaired) electrons. The van der Waals surface area contributed by atoms with E-state index in [0.29, 0.717) is 18.7 Å². The van der Waals surface area contributed by atoms with E-state index in [2.05, 4.69) is 10.6 Å². The van der Waals surface area contributed by atoms with Gasteiger partial charge >= 0.3 is 0 Å². The van der Waals surface area contributed by atoms with Crippen molar-refractivity contribution in [2.75, 3.05) is 25.0 Å². The highest BCUT2D eigenvalue weighted by atomic mass is 16.2. The van der Waals surface area contributed by atoms with Crippen molar-refractivity contribution >= 4 is 17.5 Å². The van der Waals surface area contributed by atoms with E-state index in [1.165, 1.54) is 0 Å². The standard InChI is InChI=1S/C17H27N3O2/c1-5-13(4)19-17(22)14-9-8-10-15(11-14)18-12-16(21)20(6-2)7-3/h8-11,13,18H,5-7,12H2,1-4H3,(H,19,22). The van der Waals surface area contributed by atoms with Crippen molar-refractivity contribution in [2.24, 2.45) is 0 Å². The lowest BCUT2D eigenvalue weighted by Gasteiger charge is -2.19. The summed E-state index contributed by atoms with van der Waals surface area (Å²) in [6, 6.07) is 7.36. The van der Waals surface area contributed by atoms with Gasteiger partial charge in [-0.3, -0.25) is 9.59 Å². The summed E-state index contributed by atoms with van der Waals surface area (Å²) in [5.41, 5.74) is 1.37. The molecule has 0 aliphatic heterocycles. The average Bonchev–Trinajstić information content (AvgIpc) is 2.54. The van der Waals surface area contributed by atoms with Crippen molar-refractivity contribution in [2.45, 2.75) is 40.2 Å². The van der Waals surface area contributed by atoms with Crippen LogP contribution in [0, 0.1) is 0 Å². The zero-order valence-electron chi connectivity index (χ0n) is 14.0. The number of nitrogens with zero attached hydrogens (tertiary/aromatic N) is 1. The highest BCUT2D eigenvalue weighted by molar-refractivity contribution is 5.95. The third kappa shape index (κ3) is 5.39. The van der Waals surface area contributed by atoms with Gasteiger partial charge in [0.05, 0.1) is 6.54 Å². The molecular formula is C17H27N3O2. The van der Waals surface area contributed by atoms with Gasteiger partial charge in [0, 0.05) is 30.4 Å². The van der Waals surface area contributed by atoms with Crippen molar-refractivity contribution in [1.29, 1.82) is 0 Å². The Hall–Kier alpha value is -2.04. The smallest absolute Gasteiger partial charge is 0.251 e. The number of benzene rings is 1. The molecule has 0 aliphatic rings. The van der Waals surface area contributed by atoms with Crippen LogP contribution in [0.4, 0.5) is 5.69 Å². The molecule has 1 aromatic rings. The Labute approximate surface area is 133 Å². The van der Waals surface area contributed by atoms with E-state index in [0.717, 1.165) is 12.1 Å². The van der Waals surface area contributed by atoms with E-state index in [4.69, 9.17) is 0 Å². The van der Waals surface area contributed by atoms with E-state index < -0.39 is 0 Å². The molecule has 2 amide bonds. The number of carbonyl (C=O) groups excluding carboxylic acids is 2. The van der Waals surface area contributed by atoms with E-state index in [-0.39, 0.29) is 24.4 Å². The number of amides is 2. The van der Waals surface area contributed by atoms with Gasteiger partial charge in [-0.25, -0.2) is 0 Å². The normalized spacial score (nSPS) is 11.6. The Morgan fingerprint density at radius 1 is 1.18 bits per heavy atom. The van der Waals surface area contributed by atoms with Gasteiger partial charge in [0.1, 0.15) is 0 Å². The fourth-order valence-corrected chi connectivity index (χ4v) is 2.05. The summed E-state index contributed by atoms with van der Waals surface area (Å²) in [6.45, 7) is 9.56. The first kappa shape index (κ1) is 18.0. The van der Waals surface area contributed by atoms with E-state index >= 15 is 0 Å². The topological polar surface area (TPSA) is 61.4 Å². The molecule has 0 spiro atoms. The number of hydrogen-bond acceptors (Lipinski definition) is 3. The second-order valence-electron chi connectivity index (χ2n) is 5.28. The Balaban J connectivity index is 2.64. The van der Waals surface area contributed by atoms with Gasteiger partial charge in [0.25, 0.3) is 5.91 Å². The summed E-state index contributed by atoms with van der Waals surface area (Å²) in [7, 11) is 0. The van der Waals surface area contributed by atoms with Crippen molar-refractivity contribution < 1.29 is 9.59 Å². The predicted octanol–water partition coefficient (Wildman–Crippen LogP) is 2.50. The molecular weight excluding hydrogens is 278 g/mol. The molecule has 1 aromatic carbocycles. The quantitative estimate of drug-likeness (QED) is 0.775. The van der Waals surface area contributed by atoms with Crippen molar-refractivity contribution in [3.05, 3.63) is 29.8 Å². The highest BCUT2D eigenvalue weighted by Gasteiger charge is 2.11. The SMILES string of the molecule is CCC(C)NC(=O)c1cccc(NCC(=O)N(CC)CC)c1. The van der Waals surface area contributed by atoms with Crippen LogP contribution in [-0.4, -0.2) is 42.4 Å². The molecule has 5 heteroatoms. The molecule has 1 atom stereocenters. The van der Waals surface area contributed by atoms with Crippen molar-refractivity contribution in [1.82, 2.24) is 10.2 Å². The minimum atomic E-state index is -0.0898. The summed E-state index contributed by atoms with van der Waals surface area (Å²) in [4.78, 5) is 25.8. The second-order valence-corrected chi connectivity index (χ2v) is 5.28. The van der Waals surface area contributed by atoms with E-state index in [1.807, 2.05) is 39.8 Å². The summed E-state index contributed by atoms with van der Waals surface area (Å²) >= 11 is 0. The third-order valence-electron chi connectivity index (χ3n) is 3.67. The Kier molecular flexibility index (Phi) is 7.43. The molecule has 1 rings (SSSR count). The van der Waals surface area contributed by atoms with E-state index in [1.54, 1.807) is 17.0 Å². The van der Waals surface area contributed by atoms with Gasteiger partial charge in [0.15, 0.2) is 0 Å². The fraction of sp³-hybridized carbons (Fsp3) is 0.529. The van der Waals surface area contributed by atoms with Gasteiger partial charge in [-0.1, -0.05) is 13.0 Å². The van der Waals surface area contributed by atoms with Gasteiger partial charge < -0.3 is 15.5 Å². The van der Waals surface area contributed by atoms with Crippen LogP contribution in [0.15, 0.2) is 24.3 Å². The zero-order valence-corrected chi connectivity index (χ0v) is 14.0. The van der Waals surface area contributed by atoms with Crippen LogP contribution in [-0.2, 0) is 4.79 Å². The molecule has 0 saturated carbocycles. The highest BCUT2D eigenvalue weighted by Crippen LogP contribution is 2.11. The summed E-state index contributed by atoms with van der Waals surface area (Å²) in [5.74, 6) is -0.0347. The first-order valence-electron chi connectivity index (χ1n) is 7.94. The van der Waals surface area contributed by atoms with Crippen molar-refractivity contribution in [3.63, 3.8) is 0 Å². The maximum Gasteiger partial charge on any atom is 0.251 e. The maximum atomic E-state index is 12.1. The first-order chi connectivity index (χ1) is 10.5. The van der Waals surface area contributed by atoms with E-state index in [9.17, 15) is 9.59 Å². The Morgan fingerprint density at radius 2 is 1.86 bits per heavy atom. The molecule has 22 heavy (non-hydrogen) atoms. The van der Waals surface area contributed by atoms with Gasteiger partial charge in [-0.2, -0.15) is 0 Å². The minimum absolute atomic E-state index is 0.0551. The van der Waals surface area contributed by atoms with Crippen LogP contribution < -0.4 is 10.6 Å². The molecule has 0 aliphatic carbocycles. The summed E-state index contributed by atoms with van der Waals surface area (Å²) in [6.07, 6.45) is 0.891. The van der Waals surface area contributed by atoms with Gasteiger partial charge in [0.2, 0.25) is 5.91 Å². The monoisotopic (exact) mass is 305 g/mol. The van der Waals surface area contributed by atoms with Gasteiger partial charge in [-0.05, 0) is 45.4 Å². The molecule has 0 aromatic heterocycles. The molecule has 0 saturated heterocycles. The molecule has 0 fully saturated rings. The Bertz CT molecular complexity index is 498. The van der Waals surface area contributed by atoms with Crippen LogP contribution in [0.5, 0.6) is 0 Å². The van der Waals surface area contributed by atoms with Crippen LogP contribution >= 0.6 is 0 Å². The predicted molar refractivity (Wildman–Crippen MR) is 90.1 cm³/mol. The first-order valence-corrected chi connectivity index (χ1v) is 7.94. The minimum Gasteiger partial charge on any atom is -0.376 e. The lowest BCUT2D eigenvalue weighted by atomic mass is 10.1. The molecule has 122 valence electrons.